The smallest absolute Gasteiger partial charge is 0.252 e. The van der Waals surface area contributed by atoms with Gasteiger partial charge in [-0.1, -0.05) is 44.2 Å². The zero-order valence-electron chi connectivity index (χ0n) is 15.7. The first-order valence-corrected chi connectivity index (χ1v) is 9.02. The van der Waals surface area contributed by atoms with E-state index in [0.29, 0.717) is 24.1 Å². The lowest BCUT2D eigenvalue weighted by atomic mass is 10.1. The molecule has 0 fully saturated rings. The van der Waals surface area contributed by atoms with E-state index >= 15 is 0 Å². The number of benzene rings is 1. The van der Waals surface area contributed by atoms with Gasteiger partial charge in [-0.05, 0) is 43.9 Å². The van der Waals surface area contributed by atoms with Crippen molar-refractivity contribution in [2.75, 3.05) is 11.4 Å². The van der Waals surface area contributed by atoms with E-state index in [9.17, 15) is 4.79 Å². The molecule has 0 aliphatic heterocycles. The molecule has 0 saturated carbocycles. The van der Waals surface area contributed by atoms with Crippen LogP contribution in [-0.4, -0.2) is 23.5 Å². The molecule has 2 aromatic rings. The Bertz CT molecular complexity index is 651. The fourth-order valence-corrected chi connectivity index (χ4v) is 2.57. The van der Waals surface area contributed by atoms with Crippen molar-refractivity contribution in [3.63, 3.8) is 0 Å². The number of carbonyl (C=O) groups is 1. The summed E-state index contributed by atoms with van der Waals surface area (Å²) >= 11 is 0. The number of hydrogen-bond acceptors (Lipinski definition) is 3. The molecule has 0 radical (unpaired) electrons. The molecule has 4 heteroatoms. The third-order valence-corrected chi connectivity index (χ3v) is 4.13. The zero-order chi connectivity index (χ0) is 18.2. The van der Waals surface area contributed by atoms with E-state index in [0.717, 1.165) is 18.8 Å². The first kappa shape index (κ1) is 19.0. The number of aromatic nitrogens is 1. The van der Waals surface area contributed by atoms with Crippen molar-refractivity contribution in [2.24, 2.45) is 5.92 Å². The number of amides is 1. The highest BCUT2D eigenvalue weighted by Gasteiger charge is 2.14. The predicted octanol–water partition coefficient (Wildman–Crippen LogP) is 4.27. The summed E-state index contributed by atoms with van der Waals surface area (Å²) in [5, 5.41) is 2.95. The molecule has 1 N–H and O–H groups in total. The average molecular weight is 339 g/mol. The van der Waals surface area contributed by atoms with Crippen molar-refractivity contribution in [1.82, 2.24) is 10.3 Å². The van der Waals surface area contributed by atoms with Crippen molar-refractivity contribution in [3.8, 4) is 0 Å². The third kappa shape index (κ3) is 5.89. The normalized spacial score (nSPS) is 11.0. The first-order valence-electron chi connectivity index (χ1n) is 9.02. The molecule has 0 bridgehead atoms. The maximum atomic E-state index is 12.2. The first-order chi connectivity index (χ1) is 12.0. The Morgan fingerprint density at radius 3 is 2.36 bits per heavy atom. The maximum absolute atomic E-state index is 12.2. The molecule has 0 unspecified atom stereocenters. The highest BCUT2D eigenvalue weighted by molar-refractivity contribution is 5.94. The Labute approximate surface area is 151 Å². The van der Waals surface area contributed by atoms with Gasteiger partial charge in [0.2, 0.25) is 0 Å². The Morgan fingerprint density at radius 2 is 1.80 bits per heavy atom. The van der Waals surface area contributed by atoms with Crippen LogP contribution in [0.5, 0.6) is 0 Å². The molecule has 4 nitrogen and oxygen atoms in total. The molecule has 0 atom stereocenters. The molecule has 0 aliphatic carbocycles. The van der Waals surface area contributed by atoms with Crippen LogP contribution in [0.15, 0.2) is 48.7 Å². The standard InChI is InChI=1S/C21H29N3O/c1-16(2)12-13-22-21(25)19-10-11-20(23-14-19)24(17(3)4)15-18-8-6-5-7-9-18/h5-11,14,16-17H,12-13,15H2,1-4H3,(H,22,25). The predicted molar refractivity (Wildman–Crippen MR) is 104 cm³/mol. The summed E-state index contributed by atoms with van der Waals surface area (Å²) < 4.78 is 0. The van der Waals surface area contributed by atoms with Crippen molar-refractivity contribution in [2.45, 2.75) is 46.7 Å². The Morgan fingerprint density at radius 1 is 1.08 bits per heavy atom. The van der Waals surface area contributed by atoms with Gasteiger partial charge in [0.25, 0.3) is 5.91 Å². The number of anilines is 1. The van der Waals surface area contributed by atoms with Gasteiger partial charge in [-0.15, -0.1) is 0 Å². The van der Waals surface area contributed by atoms with Gasteiger partial charge in [0.05, 0.1) is 5.56 Å². The summed E-state index contributed by atoms with van der Waals surface area (Å²) in [5.74, 6) is 1.41. The molecular weight excluding hydrogens is 310 g/mol. The molecule has 134 valence electrons. The maximum Gasteiger partial charge on any atom is 0.252 e. The molecule has 2 rings (SSSR count). The van der Waals surface area contributed by atoms with Gasteiger partial charge in [-0.3, -0.25) is 4.79 Å². The van der Waals surface area contributed by atoms with Gasteiger partial charge in [0, 0.05) is 25.3 Å². The second kappa shape index (κ2) is 9.21. The SMILES string of the molecule is CC(C)CCNC(=O)c1ccc(N(Cc2ccccc2)C(C)C)nc1. The molecule has 1 heterocycles. The van der Waals surface area contributed by atoms with E-state index in [4.69, 9.17) is 0 Å². The molecule has 0 spiro atoms. The van der Waals surface area contributed by atoms with Crippen molar-refractivity contribution in [3.05, 3.63) is 59.8 Å². The van der Waals surface area contributed by atoms with Gasteiger partial charge in [-0.2, -0.15) is 0 Å². The van der Waals surface area contributed by atoms with Gasteiger partial charge >= 0.3 is 0 Å². The largest absolute Gasteiger partial charge is 0.352 e. The van der Waals surface area contributed by atoms with Crippen LogP contribution in [0.25, 0.3) is 0 Å². The highest BCUT2D eigenvalue weighted by Crippen LogP contribution is 2.18. The van der Waals surface area contributed by atoms with Crippen LogP contribution in [0.4, 0.5) is 5.82 Å². The minimum absolute atomic E-state index is 0.0566. The van der Waals surface area contributed by atoms with Gasteiger partial charge in [-0.25, -0.2) is 4.98 Å². The molecular formula is C21H29N3O. The molecule has 1 aromatic carbocycles. The second-order valence-electron chi connectivity index (χ2n) is 7.05. The van der Waals surface area contributed by atoms with Crippen LogP contribution in [-0.2, 0) is 6.54 Å². The Hall–Kier alpha value is -2.36. The number of pyridine rings is 1. The zero-order valence-corrected chi connectivity index (χ0v) is 15.7. The number of nitrogens with zero attached hydrogens (tertiary/aromatic N) is 2. The monoisotopic (exact) mass is 339 g/mol. The van der Waals surface area contributed by atoms with Gasteiger partial charge in [0.15, 0.2) is 0 Å². The summed E-state index contributed by atoms with van der Waals surface area (Å²) in [6.07, 6.45) is 2.65. The summed E-state index contributed by atoms with van der Waals surface area (Å²) in [6, 6.07) is 14.5. The van der Waals surface area contributed by atoms with Crippen LogP contribution < -0.4 is 10.2 Å². The number of nitrogens with one attached hydrogen (secondary N) is 1. The number of carbonyl (C=O) groups excluding carboxylic acids is 1. The molecule has 0 aliphatic rings. The lowest BCUT2D eigenvalue weighted by molar-refractivity contribution is 0.0951. The van der Waals surface area contributed by atoms with E-state index in [1.165, 1.54) is 5.56 Å². The number of rotatable bonds is 8. The highest BCUT2D eigenvalue weighted by atomic mass is 16.1. The van der Waals surface area contributed by atoms with Crippen LogP contribution in [0.1, 0.15) is 50.0 Å². The minimum atomic E-state index is -0.0566. The van der Waals surface area contributed by atoms with Gasteiger partial charge < -0.3 is 10.2 Å². The van der Waals surface area contributed by atoms with E-state index in [1.54, 1.807) is 6.20 Å². The topological polar surface area (TPSA) is 45.2 Å². The quantitative estimate of drug-likeness (QED) is 0.781. The lowest BCUT2D eigenvalue weighted by Gasteiger charge is -2.28. The van der Waals surface area contributed by atoms with E-state index in [1.807, 2.05) is 30.3 Å². The molecule has 1 amide bonds. The van der Waals surface area contributed by atoms with Crippen molar-refractivity contribution in [1.29, 1.82) is 0 Å². The van der Waals surface area contributed by atoms with E-state index in [-0.39, 0.29) is 5.91 Å². The van der Waals surface area contributed by atoms with Crippen LogP contribution in [0.2, 0.25) is 0 Å². The van der Waals surface area contributed by atoms with Crippen molar-refractivity contribution >= 4 is 11.7 Å². The molecule has 25 heavy (non-hydrogen) atoms. The fraction of sp³-hybridized carbons (Fsp3) is 0.429. The van der Waals surface area contributed by atoms with Crippen LogP contribution >= 0.6 is 0 Å². The number of hydrogen-bond donors (Lipinski definition) is 1. The van der Waals surface area contributed by atoms with Crippen LogP contribution in [0, 0.1) is 5.92 Å². The summed E-state index contributed by atoms with van der Waals surface area (Å²) in [6.45, 7) is 10.1. The summed E-state index contributed by atoms with van der Waals surface area (Å²) in [4.78, 5) is 18.9. The van der Waals surface area contributed by atoms with E-state index in [2.05, 4.69) is 55.0 Å². The van der Waals surface area contributed by atoms with Gasteiger partial charge in [0.1, 0.15) is 5.82 Å². The average Bonchev–Trinajstić information content (AvgIpc) is 2.60. The summed E-state index contributed by atoms with van der Waals surface area (Å²) in [5.41, 5.74) is 1.85. The Kier molecular flexibility index (Phi) is 6.99. The van der Waals surface area contributed by atoms with Crippen LogP contribution in [0.3, 0.4) is 0 Å². The summed E-state index contributed by atoms with van der Waals surface area (Å²) in [7, 11) is 0. The fourth-order valence-electron chi connectivity index (χ4n) is 2.57. The molecule has 0 saturated heterocycles. The Balaban J connectivity index is 2.04. The third-order valence-electron chi connectivity index (χ3n) is 4.13. The minimum Gasteiger partial charge on any atom is -0.352 e. The van der Waals surface area contributed by atoms with E-state index < -0.39 is 0 Å². The second-order valence-corrected chi connectivity index (χ2v) is 7.05. The molecule has 1 aromatic heterocycles. The van der Waals surface area contributed by atoms with Crippen molar-refractivity contribution < 1.29 is 4.79 Å². The lowest BCUT2D eigenvalue weighted by Crippen LogP contribution is -2.31.